The van der Waals surface area contributed by atoms with Crippen molar-refractivity contribution in [1.29, 1.82) is 0 Å². The van der Waals surface area contributed by atoms with Crippen LogP contribution in [0.2, 0.25) is 0 Å². The highest BCUT2D eigenvalue weighted by molar-refractivity contribution is 7.09. The summed E-state index contributed by atoms with van der Waals surface area (Å²) in [4.78, 5) is 5.58. The molecule has 1 aromatic carbocycles. The molecule has 3 nitrogen and oxygen atoms in total. The van der Waals surface area contributed by atoms with Crippen LogP contribution in [0.15, 0.2) is 18.2 Å². The number of hydrogen-bond donors (Lipinski definition) is 0. The number of piperidine rings is 1. The third-order valence-corrected chi connectivity index (χ3v) is 3.98. The van der Waals surface area contributed by atoms with Gasteiger partial charge in [-0.2, -0.15) is 9.36 Å². The summed E-state index contributed by atoms with van der Waals surface area (Å²) in [6, 6.07) is 2.97. The Balaban J connectivity index is 1.86. The van der Waals surface area contributed by atoms with Gasteiger partial charge in [-0.1, -0.05) is 0 Å². The van der Waals surface area contributed by atoms with Crippen LogP contribution in [-0.2, 0) is 0 Å². The number of nitrogens with zero attached hydrogens (tertiary/aromatic N) is 3. The molecule has 8 heteroatoms. The van der Waals surface area contributed by atoms with E-state index in [-0.39, 0.29) is 17.8 Å². The van der Waals surface area contributed by atoms with E-state index < -0.39 is 24.1 Å². The fourth-order valence-corrected chi connectivity index (χ4v) is 2.99. The molecule has 1 aliphatic rings. The summed E-state index contributed by atoms with van der Waals surface area (Å²) < 4.78 is 57.1. The fraction of sp³-hybridized carbons (Fsp3) is 0.385. The third kappa shape index (κ3) is 3.15. The van der Waals surface area contributed by atoms with Crippen molar-refractivity contribution in [1.82, 2.24) is 9.36 Å². The molecule has 0 spiro atoms. The minimum absolute atomic E-state index is 0.135. The molecule has 1 aliphatic heterocycles. The average molecular weight is 317 g/mol. The summed E-state index contributed by atoms with van der Waals surface area (Å²) in [5.74, 6) is -4.06. The lowest BCUT2D eigenvalue weighted by molar-refractivity contribution is -0.0116. The molecule has 1 aromatic heterocycles. The Labute approximate surface area is 122 Å². The number of alkyl halides is 2. The second kappa shape index (κ2) is 5.25. The van der Waals surface area contributed by atoms with Gasteiger partial charge >= 0.3 is 0 Å². The second-order valence-corrected chi connectivity index (χ2v) is 5.67. The van der Waals surface area contributed by atoms with Crippen LogP contribution in [0, 0.1) is 11.6 Å². The molecule has 0 bridgehead atoms. The number of benzene rings is 1. The topological polar surface area (TPSA) is 29.0 Å². The molecule has 0 amide bonds. The minimum Gasteiger partial charge on any atom is -0.341 e. The Bertz CT molecular complexity index is 638. The zero-order chi connectivity index (χ0) is 15.0. The lowest BCUT2D eigenvalue weighted by Gasteiger charge is -2.31. The van der Waals surface area contributed by atoms with Crippen LogP contribution in [0.4, 0.5) is 22.7 Å². The van der Waals surface area contributed by atoms with E-state index in [1.807, 2.05) is 0 Å². The number of hydrogen-bond acceptors (Lipinski definition) is 4. The van der Waals surface area contributed by atoms with Crippen LogP contribution < -0.4 is 4.90 Å². The Morgan fingerprint density at radius 2 is 1.86 bits per heavy atom. The van der Waals surface area contributed by atoms with E-state index in [9.17, 15) is 17.6 Å². The molecule has 1 saturated heterocycles. The molecule has 112 valence electrons. The van der Waals surface area contributed by atoms with Crippen molar-refractivity contribution in [3.05, 3.63) is 29.8 Å². The quantitative estimate of drug-likeness (QED) is 0.791. The second-order valence-electron chi connectivity index (χ2n) is 4.94. The monoisotopic (exact) mass is 317 g/mol. The first-order chi connectivity index (χ1) is 9.93. The molecule has 1 fully saturated rings. The highest BCUT2D eigenvalue weighted by Gasteiger charge is 2.36. The number of anilines is 1. The largest absolute Gasteiger partial charge is 0.341 e. The van der Waals surface area contributed by atoms with Gasteiger partial charge in [-0.05, 0) is 18.6 Å². The fourth-order valence-electron chi connectivity index (χ4n) is 2.27. The highest BCUT2D eigenvalue weighted by atomic mass is 32.1. The van der Waals surface area contributed by atoms with Crippen LogP contribution in [0.5, 0.6) is 0 Å². The van der Waals surface area contributed by atoms with Crippen molar-refractivity contribution in [2.24, 2.45) is 0 Å². The van der Waals surface area contributed by atoms with Gasteiger partial charge in [0.2, 0.25) is 5.13 Å². The standard InChI is InChI=1S/C13H11F4N3S/c14-9-4-8(5-10(15)6-9)11-18-12(21-19-11)20-3-1-2-13(16,17)7-20/h4-6H,1-3,7H2. The van der Waals surface area contributed by atoms with E-state index >= 15 is 0 Å². The van der Waals surface area contributed by atoms with Crippen molar-refractivity contribution in [2.45, 2.75) is 18.8 Å². The predicted octanol–water partition coefficient (Wildman–Crippen LogP) is 3.72. The van der Waals surface area contributed by atoms with Gasteiger partial charge in [-0.3, -0.25) is 0 Å². The summed E-state index contributed by atoms with van der Waals surface area (Å²) in [5, 5.41) is 0.342. The van der Waals surface area contributed by atoms with Gasteiger partial charge in [0.25, 0.3) is 5.92 Å². The maximum Gasteiger partial charge on any atom is 0.265 e. The first-order valence-corrected chi connectivity index (χ1v) is 7.13. The van der Waals surface area contributed by atoms with Gasteiger partial charge in [0.1, 0.15) is 11.6 Å². The zero-order valence-corrected chi connectivity index (χ0v) is 11.6. The summed E-state index contributed by atoms with van der Waals surface area (Å²) in [6.45, 7) is 0.0703. The Morgan fingerprint density at radius 1 is 1.14 bits per heavy atom. The van der Waals surface area contributed by atoms with E-state index in [1.54, 1.807) is 0 Å². The van der Waals surface area contributed by atoms with Crippen LogP contribution in [0.25, 0.3) is 11.4 Å². The van der Waals surface area contributed by atoms with Gasteiger partial charge in [0.05, 0.1) is 6.54 Å². The lowest BCUT2D eigenvalue weighted by Crippen LogP contribution is -2.42. The molecule has 0 radical (unpaired) electrons. The van der Waals surface area contributed by atoms with E-state index in [0.29, 0.717) is 18.1 Å². The van der Waals surface area contributed by atoms with Gasteiger partial charge < -0.3 is 4.90 Å². The average Bonchev–Trinajstić information content (AvgIpc) is 2.86. The molecule has 0 unspecified atom stereocenters. The molecular formula is C13H11F4N3S. The normalized spacial score (nSPS) is 18.0. The predicted molar refractivity (Wildman–Crippen MR) is 71.7 cm³/mol. The van der Waals surface area contributed by atoms with E-state index in [4.69, 9.17) is 0 Å². The molecule has 0 aliphatic carbocycles. The number of halogens is 4. The minimum atomic E-state index is -2.74. The summed E-state index contributed by atoms with van der Waals surface area (Å²) in [5.41, 5.74) is 0.193. The maximum absolute atomic E-state index is 13.4. The number of rotatable bonds is 2. The summed E-state index contributed by atoms with van der Waals surface area (Å²) in [7, 11) is 0. The third-order valence-electron chi connectivity index (χ3n) is 3.20. The molecule has 2 heterocycles. The van der Waals surface area contributed by atoms with Crippen LogP contribution >= 0.6 is 11.5 Å². The van der Waals surface area contributed by atoms with Crippen LogP contribution in [0.1, 0.15) is 12.8 Å². The zero-order valence-electron chi connectivity index (χ0n) is 10.8. The first-order valence-electron chi connectivity index (χ1n) is 6.36. The van der Waals surface area contributed by atoms with Crippen molar-refractivity contribution >= 4 is 16.7 Å². The SMILES string of the molecule is Fc1cc(F)cc(-c2nsc(N3CCCC(F)(F)C3)n2)c1. The molecule has 0 N–H and O–H groups in total. The summed E-state index contributed by atoms with van der Waals surface area (Å²) >= 11 is 0.950. The Morgan fingerprint density at radius 3 is 2.52 bits per heavy atom. The van der Waals surface area contributed by atoms with Crippen molar-refractivity contribution in [3.8, 4) is 11.4 Å². The van der Waals surface area contributed by atoms with Gasteiger partial charge in [-0.15, -0.1) is 0 Å². The molecule has 2 aromatic rings. The molecular weight excluding hydrogens is 306 g/mol. The summed E-state index contributed by atoms with van der Waals surface area (Å²) in [6.07, 6.45) is 0.237. The van der Waals surface area contributed by atoms with E-state index in [0.717, 1.165) is 29.7 Å². The van der Waals surface area contributed by atoms with Crippen LogP contribution in [-0.4, -0.2) is 28.4 Å². The van der Waals surface area contributed by atoms with Crippen LogP contribution in [0.3, 0.4) is 0 Å². The van der Waals surface area contributed by atoms with Crippen molar-refractivity contribution in [3.63, 3.8) is 0 Å². The van der Waals surface area contributed by atoms with Gasteiger partial charge in [-0.25, -0.2) is 17.6 Å². The van der Waals surface area contributed by atoms with Gasteiger partial charge in [0.15, 0.2) is 5.82 Å². The molecule has 0 saturated carbocycles. The first kappa shape index (κ1) is 14.2. The molecule has 3 rings (SSSR count). The number of aromatic nitrogens is 2. The Kier molecular flexibility index (Phi) is 3.56. The van der Waals surface area contributed by atoms with E-state index in [2.05, 4.69) is 9.36 Å². The maximum atomic E-state index is 13.4. The van der Waals surface area contributed by atoms with Gasteiger partial charge in [0, 0.05) is 36.1 Å². The van der Waals surface area contributed by atoms with Crippen molar-refractivity contribution in [2.75, 3.05) is 18.0 Å². The van der Waals surface area contributed by atoms with E-state index in [1.165, 1.54) is 4.90 Å². The Hall–Kier alpha value is -1.70. The lowest BCUT2D eigenvalue weighted by atomic mass is 10.1. The molecule has 0 atom stereocenters. The smallest absolute Gasteiger partial charge is 0.265 e. The highest BCUT2D eigenvalue weighted by Crippen LogP contribution is 2.32. The molecule has 21 heavy (non-hydrogen) atoms. The van der Waals surface area contributed by atoms with Crippen molar-refractivity contribution < 1.29 is 17.6 Å².